The summed E-state index contributed by atoms with van der Waals surface area (Å²) in [5, 5.41) is 2.72. The number of piperidine rings is 1. The van der Waals surface area contributed by atoms with E-state index >= 15 is 0 Å². The minimum absolute atomic E-state index is 0.0126. The highest BCUT2D eigenvalue weighted by molar-refractivity contribution is 5.87. The van der Waals surface area contributed by atoms with Crippen LogP contribution in [0.4, 0.5) is 0 Å². The van der Waals surface area contributed by atoms with Crippen molar-refractivity contribution in [3.05, 3.63) is 24.5 Å². The van der Waals surface area contributed by atoms with Crippen molar-refractivity contribution in [1.82, 2.24) is 14.8 Å². The monoisotopic (exact) mass is 291 g/mol. The summed E-state index contributed by atoms with van der Waals surface area (Å²) >= 11 is 0. The smallest absolute Gasteiger partial charge is 0.241 e. The zero-order chi connectivity index (χ0) is 15.5. The number of nitrogens with one attached hydrogen (secondary N) is 1. The number of amides is 2. The van der Waals surface area contributed by atoms with Gasteiger partial charge in [-0.2, -0.15) is 0 Å². The van der Waals surface area contributed by atoms with Gasteiger partial charge in [0.15, 0.2) is 0 Å². The van der Waals surface area contributed by atoms with Crippen LogP contribution in [0.2, 0.25) is 0 Å². The molecule has 0 radical (unpaired) electrons. The van der Waals surface area contributed by atoms with E-state index in [0.717, 1.165) is 25.9 Å². The van der Waals surface area contributed by atoms with Crippen LogP contribution in [0.1, 0.15) is 39.7 Å². The molecule has 0 spiro atoms. The van der Waals surface area contributed by atoms with E-state index in [1.165, 1.54) is 0 Å². The van der Waals surface area contributed by atoms with Gasteiger partial charge in [-0.25, -0.2) is 0 Å². The second kappa shape index (κ2) is 6.33. The fourth-order valence-corrected chi connectivity index (χ4v) is 2.54. The maximum atomic E-state index is 12.1. The fourth-order valence-electron chi connectivity index (χ4n) is 2.54. The van der Waals surface area contributed by atoms with Gasteiger partial charge in [0.25, 0.3) is 0 Å². The number of aromatic nitrogens is 1. The molecule has 21 heavy (non-hydrogen) atoms. The summed E-state index contributed by atoms with van der Waals surface area (Å²) in [5.74, 6) is -0.0726. The van der Waals surface area contributed by atoms with Gasteiger partial charge in [0.1, 0.15) is 0 Å². The molecular formula is C16H25N3O2. The molecule has 0 aliphatic carbocycles. The molecule has 0 atom stereocenters. The molecule has 1 aromatic rings. The fraction of sp³-hybridized carbons (Fsp3) is 0.625. The highest BCUT2D eigenvalue weighted by Gasteiger charge is 2.25. The van der Waals surface area contributed by atoms with Crippen LogP contribution in [-0.2, 0) is 9.59 Å². The molecule has 2 heterocycles. The number of rotatable bonds is 3. The molecule has 2 amide bonds. The molecule has 1 N–H and O–H groups in total. The van der Waals surface area contributed by atoms with Gasteiger partial charge >= 0.3 is 0 Å². The summed E-state index contributed by atoms with van der Waals surface area (Å²) < 4.78 is 2.21. The number of likely N-dealkylation sites (tertiary alicyclic amines) is 1. The van der Waals surface area contributed by atoms with Crippen molar-refractivity contribution in [2.24, 2.45) is 5.41 Å². The van der Waals surface area contributed by atoms with Crippen LogP contribution in [-0.4, -0.2) is 40.9 Å². The summed E-state index contributed by atoms with van der Waals surface area (Å²) in [5.41, 5.74) is -0.457. The quantitative estimate of drug-likeness (QED) is 0.923. The predicted molar refractivity (Wildman–Crippen MR) is 81.7 cm³/mol. The summed E-state index contributed by atoms with van der Waals surface area (Å²) in [7, 11) is 0. The second-order valence-corrected chi connectivity index (χ2v) is 6.67. The van der Waals surface area contributed by atoms with Crippen molar-refractivity contribution in [3.63, 3.8) is 0 Å². The van der Waals surface area contributed by atoms with E-state index < -0.39 is 5.41 Å². The van der Waals surface area contributed by atoms with Crippen LogP contribution >= 0.6 is 0 Å². The molecule has 2 rings (SSSR count). The van der Waals surface area contributed by atoms with Crippen LogP contribution in [0.25, 0.3) is 0 Å². The number of hydrogen-bond acceptors (Lipinski definition) is 2. The minimum atomic E-state index is -0.457. The lowest BCUT2D eigenvalue weighted by molar-refractivity contribution is -0.136. The molecule has 116 valence electrons. The molecular weight excluding hydrogens is 266 g/mol. The van der Waals surface area contributed by atoms with Gasteiger partial charge in [-0.05, 0) is 25.0 Å². The first-order valence-corrected chi connectivity index (χ1v) is 7.56. The molecule has 0 unspecified atom stereocenters. The Morgan fingerprint density at radius 1 is 1.14 bits per heavy atom. The van der Waals surface area contributed by atoms with E-state index in [0.29, 0.717) is 6.04 Å². The molecule has 5 heteroatoms. The Hall–Kier alpha value is -1.78. The number of nitrogens with zero attached hydrogens (tertiary/aromatic N) is 2. The molecule has 1 aliphatic heterocycles. The second-order valence-electron chi connectivity index (χ2n) is 6.67. The number of hydrogen-bond donors (Lipinski definition) is 1. The molecule has 5 nitrogen and oxygen atoms in total. The van der Waals surface area contributed by atoms with Crippen LogP contribution in [0, 0.1) is 5.41 Å². The maximum absolute atomic E-state index is 12.1. The molecule has 1 saturated heterocycles. The lowest BCUT2D eigenvalue weighted by Crippen LogP contribution is -2.46. The molecule has 1 fully saturated rings. The highest BCUT2D eigenvalue weighted by Crippen LogP contribution is 2.22. The SMILES string of the molecule is CC(C)(C)C(=O)NCC(=O)N1CCC(n2cccc2)CC1. The molecule has 0 saturated carbocycles. The third-order valence-corrected chi connectivity index (χ3v) is 3.95. The van der Waals surface area contributed by atoms with Crippen molar-refractivity contribution in [3.8, 4) is 0 Å². The molecule has 1 aromatic heterocycles. The van der Waals surface area contributed by atoms with Crippen molar-refractivity contribution < 1.29 is 9.59 Å². The van der Waals surface area contributed by atoms with Crippen LogP contribution in [0.5, 0.6) is 0 Å². The van der Waals surface area contributed by atoms with Crippen LogP contribution in [0.3, 0.4) is 0 Å². The van der Waals surface area contributed by atoms with Crippen molar-refractivity contribution in [1.29, 1.82) is 0 Å². The van der Waals surface area contributed by atoms with E-state index in [2.05, 4.69) is 22.3 Å². The van der Waals surface area contributed by atoms with Gasteiger partial charge in [0, 0.05) is 36.9 Å². The van der Waals surface area contributed by atoms with Gasteiger partial charge in [0.05, 0.1) is 6.54 Å². The van der Waals surface area contributed by atoms with Crippen LogP contribution < -0.4 is 5.32 Å². The molecule has 1 aliphatic rings. The predicted octanol–water partition coefficient (Wildman–Crippen LogP) is 1.81. The van der Waals surface area contributed by atoms with Crippen molar-refractivity contribution in [2.75, 3.05) is 19.6 Å². The molecule has 0 aromatic carbocycles. The first-order chi connectivity index (χ1) is 9.88. The van der Waals surface area contributed by atoms with Gasteiger partial charge in [-0.15, -0.1) is 0 Å². The maximum Gasteiger partial charge on any atom is 0.241 e. The third-order valence-electron chi connectivity index (χ3n) is 3.95. The number of carbonyl (C=O) groups is 2. The number of carbonyl (C=O) groups excluding carboxylic acids is 2. The summed E-state index contributed by atoms with van der Waals surface area (Å²) in [6.07, 6.45) is 6.08. The van der Waals surface area contributed by atoms with Gasteiger partial charge < -0.3 is 14.8 Å². The summed E-state index contributed by atoms with van der Waals surface area (Å²) in [6, 6.07) is 4.53. The lowest BCUT2D eigenvalue weighted by Gasteiger charge is -2.33. The standard InChI is InChI=1S/C16H25N3O2/c1-16(2,3)15(21)17-12-14(20)19-10-6-13(7-11-19)18-8-4-5-9-18/h4-5,8-9,13H,6-7,10-12H2,1-3H3,(H,17,21). The Morgan fingerprint density at radius 2 is 1.71 bits per heavy atom. The van der Waals surface area contributed by atoms with E-state index in [1.807, 2.05) is 37.8 Å². The van der Waals surface area contributed by atoms with E-state index in [9.17, 15) is 9.59 Å². The van der Waals surface area contributed by atoms with Gasteiger partial charge in [-0.1, -0.05) is 20.8 Å². The van der Waals surface area contributed by atoms with Gasteiger partial charge in [0.2, 0.25) is 11.8 Å². The average Bonchev–Trinajstić information content (AvgIpc) is 2.97. The normalized spacial score (nSPS) is 16.8. The Bertz CT molecular complexity index is 480. The zero-order valence-electron chi connectivity index (χ0n) is 13.1. The first kappa shape index (κ1) is 15.6. The zero-order valence-corrected chi connectivity index (χ0v) is 13.1. The van der Waals surface area contributed by atoms with E-state index in [-0.39, 0.29) is 18.4 Å². The van der Waals surface area contributed by atoms with E-state index in [1.54, 1.807) is 0 Å². The highest BCUT2D eigenvalue weighted by atomic mass is 16.2. The van der Waals surface area contributed by atoms with E-state index in [4.69, 9.17) is 0 Å². The average molecular weight is 291 g/mol. The van der Waals surface area contributed by atoms with Crippen molar-refractivity contribution >= 4 is 11.8 Å². The van der Waals surface area contributed by atoms with Crippen molar-refractivity contribution in [2.45, 2.75) is 39.7 Å². The third kappa shape index (κ3) is 4.09. The van der Waals surface area contributed by atoms with Gasteiger partial charge in [-0.3, -0.25) is 9.59 Å². The Kier molecular flexibility index (Phi) is 4.70. The largest absolute Gasteiger partial charge is 0.351 e. The lowest BCUT2D eigenvalue weighted by atomic mass is 9.96. The minimum Gasteiger partial charge on any atom is -0.351 e. The Labute approximate surface area is 126 Å². The van der Waals surface area contributed by atoms with Crippen LogP contribution in [0.15, 0.2) is 24.5 Å². The first-order valence-electron chi connectivity index (χ1n) is 7.56. The summed E-state index contributed by atoms with van der Waals surface area (Å²) in [6.45, 7) is 7.14. The Balaban J connectivity index is 1.77. The Morgan fingerprint density at radius 3 is 2.24 bits per heavy atom. The molecule has 0 bridgehead atoms. The topological polar surface area (TPSA) is 54.3 Å². The summed E-state index contributed by atoms with van der Waals surface area (Å²) in [4.78, 5) is 25.8.